The summed E-state index contributed by atoms with van der Waals surface area (Å²) in [6.45, 7) is 2.18. The van der Waals surface area contributed by atoms with Gasteiger partial charge in [0.2, 0.25) is 0 Å². The van der Waals surface area contributed by atoms with Crippen molar-refractivity contribution in [2.75, 3.05) is 20.1 Å². The van der Waals surface area contributed by atoms with Crippen molar-refractivity contribution in [3.63, 3.8) is 0 Å². The summed E-state index contributed by atoms with van der Waals surface area (Å²) in [5.41, 5.74) is 2.14. The molecule has 1 aliphatic rings. The predicted octanol–water partition coefficient (Wildman–Crippen LogP) is 2.46. The number of hydrogen-bond donors (Lipinski definition) is 0. The van der Waals surface area contributed by atoms with Crippen LogP contribution in [0, 0.1) is 0 Å². The van der Waals surface area contributed by atoms with Crippen molar-refractivity contribution < 1.29 is 0 Å². The van der Waals surface area contributed by atoms with E-state index in [9.17, 15) is 0 Å². The fourth-order valence-electron chi connectivity index (χ4n) is 3.45. The SMILES string of the molecule is CN1CCC[C@@H](c2nc(Cc3cccnc3)nn2-c2ccncc2)C1. The first-order valence-corrected chi connectivity index (χ1v) is 8.73. The summed E-state index contributed by atoms with van der Waals surface area (Å²) in [4.78, 5) is 15.6. The smallest absolute Gasteiger partial charge is 0.155 e. The van der Waals surface area contributed by atoms with E-state index in [1.807, 2.05) is 29.1 Å². The minimum absolute atomic E-state index is 0.405. The molecule has 3 aromatic heterocycles. The summed E-state index contributed by atoms with van der Waals surface area (Å²) >= 11 is 0. The second-order valence-corrected chi connectivity index (χ2v) is 6.64. The van der Waals surface area contributed by atoms with Crippen LogP contribution in [0.4, 0.5) is 0 Å². The van der Waals surface area contributed by atoms with Crippen molar-refractivity contribution >= 4 is 0 Å². The van der Waals surface area contributed by atoms with E-state index < -0.39 is 0 Å². The minimum Gasteiger partial charge on any atom is -0.306 e. The molecule has 25 heavy (non-hydrogen) atoms. The van der Waals surface area contributed by atoms with E-state index >= 15 is 0 Å². The summed E-state index contributed by atoms with van der Waals surface area (Å²) in [6.07, 6.45) is 10.3. The molecule has 0 spiro atoms. The molecular formula is C19H22N6. The molecule has 128 valence electrons. The van der Waals surface area contributed by atoms with Crippen LogP contribution in [0.25, 0.3) is 5.69 Å². The van der Waals surface area contributed by atoms with Gasteiger partial charge in [0, 0.05) is 43.7 Å². The highest BCUT2D eigenvalue weighted by molar-refractivity contribution is 5.30. The molecular weight excluding hydrogens is 312 g/mol. The Hall–Kier alpha value is -2.60. The van der Waals surface area contributed by atoms with Gasteiger partial charge in [-0.25, -0.2) is 9.67 Å². The quantitative estimate of drug-likeness (QED) is 0.733. The molecule has 3 aromatic rings. The van der Waals surface area contributed by atoms with E-state index in [0.29, 0.717) is 12.3 Å². The van der Waals surface area contributed by atoms with Crippen LogP contribution in [0.5, 0.6) is 0 Å². The number of pyridine rings is 2. The lowest BCUT2D eigenvalue weighted by atomic mass is 9.97. The molecule has 0 radical (unpaired) electrons. The molecule has 1 fully saturated rings. The molecule has 1 saturated heterocycles. The largest absolute Gasteiger partial charge is 0.306 e. The van der Waals surface area contributed by atoms with Crippen LogP contribution in [0.15, 0.2) is 49.1 Å². The zero-order valence-corrected chi connectivity index (χ0v) is 14.4. The Labute approximate surface area is 147 Å². The zero-order valence-electron chi connectivity index (χ0n) is 14.4. The maximum Gasteiger partial charge on any atom is 0.155 e. The Morgan fingerprint density at radius 1 is 1.12 bits per heavy atom. The molecule has 0 unspecified atom stereocenters. The highest BCUT2D eigenvalue weighted by atomic mass is 15.4. The second kappa shape index (κ2) is 7.11. The number of aromatic nitrogens is 5. The lowest BCUT2D eigenvalue weighted by Crippen LogP contribution is -2.32. The van der Waals surface area contributed by atoms with Gasteiger partial charge in [-0.05, 0) is 50.2 Å². The van der Waals surface area contributed by atoms with E-state index in [-0.39, 0.29) is 0 Å². The van der Waals surface area contributed by atoms with Crippen LogP contribution < -0.4 is 0 Å². The number of hydrogen-bond acceptors (Lipinski definition) is 5. The van der Waals surface area contributed by atoms with Gasteiger partial charge in [-0.1, -0.05) is 6.07 Å². The lowest BCUT2D eigenvalue weighted by Gasteiger charge is -2.29. The second-order valence-electron chi connectivity index (χ2n) is 6.64. The van der Waals surface area contributed by atoms with Crippen molar-refractivity contribution in [3.8, 4) is 5.69 Å². The first-order chi connectivity index (χ1) is 12.3. The maximum atomic E-state index is 4.92. The minimum atomic E-state index is 0.405. The molecule has 1 atom stereocenters. The Bertz CT molecular complexity index is 814. The van der Waals surface area contributed by atoms with E-state index in [1.54, 1.807) is 18.6 Å². The molecule has 1 aliphatic heterocycles. The van der Waals surface area contributed by atoms with Gasteiger partial charge in [-0.15, -0.1) is 0 Å². The van der Waals surface area contributed by atoms with Gasteiger partial charge >= 0.3 is 0 Å². The average Bonchev–Trinajstić information content (AvgIpc) is 3.07. The fourth-order valence-corrected chi connectivity index (χ4v) is 3.45. The predicted molar refractivity (Wildman–Crippen MR) is 95.7 cm³/mol. The fraction of sp³-hybridized carbons (Fsp3) is 0.368. The molecule has 6 nitrogen and oxygen atoms in total. The van der Waals surface area contributed by atoms with Crippen LogP contribution in [0.3, 0.4) is 0 Å². The molecule has 0 saturated carbocycles. The molecule has 0 amide bonds. The van der Waals surface area contributed by atoms with Gasteiger partial charge in [-0.3, -0.25) is 9.97 Å². The average molecular weight is 334 g/mol. The maximum absolute atomic E-state index is 4.92. The third-order valence-electron chi connectivity index (χ3n) is 4.66. The summed E-state index contributed by atoms with van der Waals surface area (Å²) < 4.78 is 2.00. The van der Waals surface area contributed by atoms with Gasteiger partial charge < -0.3 is 4.90 Å². The number of likely N-dealkylation sites (N-methyl/N-ethyl adjacent to an activating group) is 1. The molecule has 0 bridgehead atoms. The summed E-state index contributed by atoms with van der Waals surface area (Å²) in [7, 11) is 2.18. The number of rotatable bonds is 4. The van der Waals surface area contributed by atoms with Crippen molar-refractivity contribution in [1.82, 2.24) is 29.6 Å². The molecule has 4 rings (SSSR count). The lowest BCUT2D eigenvalue weighted by molar-refractivity contribution is 0.244. The summed E-state index contributed by atoms with van der Waals surface area (Å²) in [5, 5.41) is 4.81. The van der Waals surface area contributed by atoms with Crippen molar-refractivity contribution in [2.45, 2.75) is 25.2 Å². The Morgan fingerprint density at radius 3 is 2.76 bits per heavy atom. The molecule has 0 aromatic carbocycles. The van der Waals surface area contributed by atoms with Crippen LogP contribution in [0.2, 0.25) is 0 Å². The third-order valence-corrected chi connectivity index (χ3v) is 4.66. The monoisotopic (exact) mass is 334 g/mol. The van der Waals surface area contributed by atoms with Gasteiger partial charge in [0.1, 0.15) is 5.82 Å². The first kappa shape index (κ1) is 15.9. The van der Waals surface area contributed by atoms with Crippen LogP contribution in [0.1, 0.15) is 36.0 Å². The van der Waals surface area contributed by atoms with E-state index in [0.717, 1.165) is 42.4 Å². The topological polar surface area (TPSA) is 59.7 Å². The first-order valence-electron chi connectivity index (χ1n) is 8.73. The van der Waals surface area contributed by atoms with Gasteiger partial charge in [-0.2, -0.15) is 5.10 Å². The van der Waals surface area contributed by atoms with E-state index in [2.05, 4.69) is 28.0 Å². The molecule has 6 heteroatoms. The van der Waals surface area contributed by atoms with Crippen molar-refractivity contribution in [2.24, 2.45) is 0 Å². The van der Waals surface area contributed by atoms with E-state index in [1.165, 1.54) is 6.42 Å². The Morgan fingerprint density at radius 2 is 2.00 bits per heavy atom. The van der Waals surface area contributed by atoms with Crippen LogP contribution in [-0.4, -0.2) is 49.8 Å². The van der Waals surface area contributed by atoms with Crippen LogP contribution in [-0.2, 0) is 6.42 Å². The molecule has 0 aliphatic carbocycles. The van der Waals surface area contributed by atoms with Gasteiger partial charge in [0.05, 0.1) is 5.69 Å². The summed E-state index contributed by atoms with van der Waals surface area (Å²) in [6, 6.07) is 7.98. The van der Waals surface area contributed by atoms with Gasteiger partial charge in [0.15, 0.2) is 5.82 Å². The standard InChI is InChI=1S/C19H22N6/c1-24-11-3-5-16(14-24)19-22-18(12-15-4-2-8-21-13-15)23-25(19)17-6-9-20-10-7-17/h2,4,6-10,13,16H,3,5,11-12,14H2,1H3/t16-/m1/s1. The normalized spacial score (nSPS) is 18.4. The number of likely N-dealkylation sites (tertiary alicyclic amines) is 1. The Balaban J connectivity index is 1.70. The summed E-state index contributed by atoms with van der Waals surface area (Å²) in [5.74, 6) is 2.30. The highest BCUT2D eigenvalue weighted by Gasteiger charge is 2.25. The molecule has 4 heterocycles. The number of piperidine rings is 1. The van der Waals surface area contributed by atoms with Gasteiger partial charge in [0.25, 0.3) is 0 Å². The zero-order chi connectivity index (χ0) is 17.1. The molecule has 0 N–H and O–H groups in total. The van der Waals surface area contributed by atoms with Crippen LogP contribution >= 0.6 is 0 Å². The Kier molecular flexibility index (Phi) is 4.52. The van der Waals surface area contributed by atoms with E-state index in [4.69, 9.17) is 10.1 Å². The highest BCUT2D eigenvalue weighted by Crippen LogP contribution is 2.27. The van der Waals surface area contributed by atoms with Crippen molar-refractivity contribution in [3.05, 3.63) is 66.3 Å². The third kappa shape index (κ3) is 3.58. The van der Waals surface area contributed by atoms with Crippen molar-refractivity contribution in [1.29, 1.82) is 0 Å². The number of nitrogens with zero attached hydrogens (tertiary/aromatic N) is 6.